The monoisotopic (exact) mass is 233 g/mol. The number of fused-ring (bicyclic) bond motifs is 1. The molecule has 1 aromatic carbocycles. The molecule has 0 saturated heterocycles. The van der Waals surface area contributed by atoms with Gasteiger partial charge in [0, 0.05) is 24.6 Å². The molecule has 1 aliphatic carbocycles. The van der Waals surface area contributed by atoms with E-state index in [4.69, 9.17) is 10.5 Å². The average Bonchev–Trinajstić information content (AvgIpc) is 2.34. The number of Topliss-reactive ketones (excluding diaryl/α,β-unsaturated/α-hetero) is 1. The van der Waals surface area contributed by atoms with Crippen LogP contribution < -0.4 is 5.73 Å². The van der Waals surface area contributed by atoms with Crippen molar-refractivity contribution in [2.24, 2.45) is 11.7 Å². The molecule has 92 valence electrons. The predicted octanol–water partition coefficient (Wildman–Crippen LogP) is 1.97. The van der Waals surface area contributed by atoms with Gasteiger partial charge in [-0.1, -0.05) is 31.2 Å². The number of carbonyl (C=O) groups excluding carboxylic acids is 1. The number of methoxy groups -OCH3 is 1. The van der Waals surface area contributed by atoms with Crippen LogP contribution in [-0.4, -0.2) is 25.5 Å². The van der Waals surface area contributed by atoms with Gasteiger partial charge in [-0.25, -0.2) is 0 Å². The minimum Gasteiger partial charge on any atom is -0.383 e. The SMILES string of the molecule is COCC(N)C1CC(C)c2ccccc2C1=O. The Labute approximate surface area is 102 Å². The minimum atomic E-state index is -0.205. The molecule has 0 spiro atoms. The zero-order chi connectivity index (χ0) is 12.4. The summed E-state index contributed by atoms with van der Waals surface area (Å²) in [6.45, 7) is 2.59. The minimum absolute atomic E-state index is 0.111. The lowest BCUT2D eigenvalue weighted by Crippen LogP contribution is -2.42. The van der Waals surface area contributed by atoms with Gasteiger partial charge in [-0.15, -0.1) is 0 Å². The highest BCUT2D eigenvalue weighted by Crippen LogP contribution is 2.35. The summed E-state index contributed by atoms with van der Waals surface area (Å²) in [4.78, 5) is 12.3. The van der Waals surface area contributed by atoms with E-state index in [-0.39, 0.29) is 17.7 Å². The fraction of sp³-hybridized carbons (Fsp3) is 0.500. The van der Waals surface area contributed by atoms with Crippen molar-refractivity contribution in [1.82, 2.24) is 0 Å². The molecule has 0 aromatic heterocycles. The van der Waals surface area contributed by atoms with Crippen LogP contribution in [0.2, 0.25) is 0 Å². The molecule has 0 fully saturated rings. The first-order chi connectivity index (χ1) is 8.15. The van der Waals surface area contributed by atoms with Crippen LogP contribution in [0.3, 0.4) is 0 Å². The van der Waals surface area contributed by atoms with Crippen LogP contribution in [0.15, 0.2) is 24.3 Å². The Kier molecular flexibility index (Phi) is 3.60. The van der Waals surface area contributed by atoms with E-state index in [2.05, 4.69) is 6.92 Å². The molecule has 3 atom stereocenters. The summed E-state index contributed by atoms with van der Waals surface area (Å²) >= 11 is 0. The van der Waals surface area contributed by atoms with Crippen LogP contribution >= 0.6 is 0 Å². The highest BCUT2D eigenvalue weighted by Gasteiger charge is 2.34. The third kappa shape index (κ3) is 2.26. The maximum Gasteiger partial charge on any atom is 0.167 e. The van der Waals surface area contributed by atoms with E-state index in [0.717, 1.165) is 17.5 Å². The molecule has 3 nitrogen and oxygen atoms in total. The van der Waals surface area contributed by atoms with Crippen LogP contribution in [0, 0.1) is 5.92 Å². The van der Waals surface area contributed by atoms with Gasteiger partial charge in [0.15, 0.2) is 5.78 Å². The third-order valence-electron chi connectivity index (χ3n) is 3.58. The van der Waals surface area contributed by atoms with Crippen molar-refractivity contribution in [3.05, 3.63) is 35.4 Å². The number of ether oxygens (including phenoxy) is 1. The Morgan fingerprint density at radius 2 is 2.18 bits per heavy atom. The Balaban J connectivity index is 2.29. The molecule has 1 aliphatic rings. The van der Waals surface area contributed by atoms with Crippen LogP contribution in [0.1, 0.15) is 35.2 Å². The van der Waals surface area contributed by atoms with Crippen molar-refractivity contribution in [2.45, 2.75) is 25.3 Å². The molecule has 0 radical (unpaired) electrons. The first-order valence-electron chi connectivity index (χ1n) is 6.02. The summed E-state index contributed by atoms with van der Waals surface area (Å²) in [5.74, 6) is 0.444. The maximum atomic E-state index is 12.3. The molecule has 0 amide bonds. The summed E-state index contributed by atoms with van der Waals surface area (Å²) < 4.78 is 5.05. The lowest BCUT2D eigenvalue weighted by Gasteiger charge is -2.31. The Hall–Kier alpha value is -1.19. The zero-order valence-corrected chi connectivity index (χ0v) is 10.3. The summed E-state index contributed by atoms with van der Waals surface area (Å²) in [7, 11) is 1.62. The lowest BCUT2D eigenvalue weighted by atomic mass is 9.74. The van der Waals surface area contributed by atoms with Gasteiger partial charge in [0.1, 0.15) is 0 Å². The second-order valence-corrected chi connectivity index (χ2v) is 4.81. The van der Waals surface area contributed by atoms with Gasteiger partial charge in [0.05, 0.1) is 6.61 Å². The normalized spacial score (nSPS) is 25.5. The van der Waals surface area contributed by atoms with Gasteiger partial charge in [-0.05, 0) is 17.9 Å². The van der Waals surface area contributed by atoms with Gasteiger partial charge in [-0.3, -0.25) is 4.79 Å². The van der Waals surface area contributed by atoms with E-state index in [1.807, 2.05) is 24.3 Å². The van der Waals surface area contributed by atoms with E-state index in [0.29, 0.717) is 12.5 Å². The molecule has 0 heterocycles. The van der Waals surface area contributed by atoms with Crippen molar-refractivity contribution in [3.63, 3.8) is 0 Å². The topological polar surface area (TPSA) is 52.3 Å². The molecule has 1 aromatic rings. The van der Waals surface area contributed by atoms with E-state index in [1.54, 1.807) is 7.11 Å². The first-order valence-corrected chi connectivity index (χ1v) is 6.02. The van der Waals surface area contributed by atoms with Crippen molar-refractivity contribution >= 4 is 5.78 Å². The van der Waals surface area contributed by atoms with Crippen LogP contribution in [0.5, 0.6) is 0 Å². The molecule has 3 heteroatoms. The lowest BCUT2D eigenvalue weighted by molar-refractivity contribution is 0.0813. The zero-order valence-electron chi connectivity index (χ0n) is 10.3. The van der Waals surface area contributed by atoms with E-state index in [1.165, 1.54) is 0 Å². The highest BCUT2D eigenvalue weighted by molar-refractivity contribution is 6.00. The van der Waals surface area contributed by atoms with E-state index < -0.39 is 0 Å². The Bertz CT molecular complexity index is 416. The van der Waals surface area contributed by atoms with Crippen molar-refractivity contribution in [2.75, 3.05) is 13.7 Å². The van der Waals surface area contributed by atoms with Crippen LogP contribution in [-0.2, 0) is 4.74 Å². The average molecular weight is 233 g/mol. The number of carbonyl (C=O) groups is 1. The highest BCUT2D eigenvalue weighted by atomic mass is 16.5. The van der Waals surface area contributed by atoms with Gasteiger partial charge < -0.3 is 10.5 Å². The smallest absolute Gasteiger partial charge is 0.167 e. The van der Waals surface area contributed by atoms with Crippen molar-refractivity contribution in [1.29, 1.82) is 0 Å². The summed E-state index contributed by atoms with van der Waals surface area (Å²) in [5, 5.41) is 0. The Morgan fingerprint density at radius 1 is 1.47 bits per heavy atom. The summed E-state index contributed by atoms with van der Waals surface area (Å²) in [6, 6.07) is 7.63. The number of rotatable bonds is 3. The molecule has 17 heavy (non-hydrogen) atoms. The standard InChI is InChI=1S/C14H19NO2/c1-9-7-12(13(15)8-17-2)14(16)11-6-4-3-5-10(9)11/h3-6,9,12-13H,7-8,15H2,1-2H3. The number of benzene rings is 1. The number of ketones is 1. The number of hydrogen-bond donors (Lipinski definition) is 1. The quantitative estimate of drug-likeness (QED) is 0.868. The van der Waals surface area contributed by atoms with Gasteiger partial charge in [0.2, 0.25) is 0 Å². The second kappa shape index (κ2) is 4.98. The molecule has 0 bridgehead atoms. The first kappa shape index (κ1) is 12.3. The van der Waals surface area contributed by atoms with Gasteiger partial charge >= 0.3 is 0 Å². The fourth-order valence-corrected chi connectivity index (χ4v) is 2.64. The largest absolute Gasteiger partial charge is 0.383 e. The maximum absolute atomic E-state index is 12.3. The second-order valence-electron chi connectivity index (χ2n) is 4.81. The van der Waals surface area contributed by atoms with Crippen molar-refractivity contribution < 1.29 is 9.53 Å². The summed E-state index contributed by atoms with van der Waals surface area (Å²) in [6.07, 6.45) is 0.820. The Morgan fingerprint density at radius 3 is 2.88 bits per heavy atom. The van der Waals surface area contributed by atoms with Crippen LogP contribution in [0.25, 0.3) is 0 Å². The predicted molar refractivity (Wildman–Crippen MR) is 67.1 cm³/mol. The van der Waals surface area contributed by atoms with E-state index >= 15 is 0 Å². The molecule has 2 N–H and O–H groups in total. The van der Waals surface area contributed by atoms with Gasteiger partial charge in [-0.2, -0.15) is 0 Å². The number of nitrogens with two attached hydrogens (primary N) is 1. The molecule has 2 rings (SSSR count). The number of hydrogen-bond acceptors (Lipinski definition) is 3. The molecule has 0 aliphatic heterocycles. The third-order valence-corrected chi connectivity index (χ3v) is 3.58. The van der Waals surface area contributed by atoms with Gasteiger partial charge in [0.25, 0.3) is 0 Å². The molecular weight excluding hydrogens is 214 g/mol. The molecular formula is C14H19NO2. The summed E-state index contributed by atoms with van der Waals surface area (Å²) in [5.41, 5.74) is 8.01. The van der Waals surface area contributed by atoms with E-state index in [9.17, 15) is 4.79 Å². The fourth-order valence-electron chi connectivity index (χ4n) is 2.64. The van der Waals surface area contributed by atoms with Crippen molar-refractivity contribution in [3.8, 4) is 0 Å². The van der Waals surface area contributed by atoms with Crippen LogP contribution in [0.4, 0.5) is 0 Å². The molecule has 3 unspecified atom stereocenters. The molecule has 0 saturated carbocycles.